The van der Waals surface area contributed by atoms with Gasteiger partial charge < -0.3 is 19.6 Å². The molecule has 0 amide bonds. The molecule has 106 valence electrons. The maximum absolute atomic E-state index is 10.9. The molecule has 0 radical (unpaired) electrons. The fraction of sp³-hybridized carbons (Fsp3) is 0.308. The number of nitrogens with zero attached hydrogens (tertiary/aromatic N) is 2. The standard InChI is InChI=1S/C13H15N3O4/c1-7-11(15-6-16-12(7)19-3)14-5-9-4-10(13(17)18)8(2)20-9/h4,6H,5H2,1-3H3,(H,17,18)(H,14,15,16). The Bertz CT molecular complexity index is 637. The minimum atomic E-state index is -1.00. The van der Waals surface area contributed by atoms with Crippen molar-refractivity contribution in [3.05, 3.63) is 35.0 Å². The zero-order valence-electron chi connectivity index (χ0n) is 11.4. The van der Waals surface area contributed by atoms with Crippen LogP contribution in [0.5, 0.6) is 5.88 Å². The summed E-state index contributed by atoms with van der Waals surface area (Å²) in [5.41, 5.74) is 0.940. The summed E-state index contributed by atoms with van der Waals surface area (Å²) in [5.74, 6) is 1.01. The lowest BCUT2D eigenvalue weighted by molar-refractivity contribution is 0.0695. The second-order valence-electron chi connectivity index (χ2n) is 4.20. The second-order valence-corrected chi connectivity index (χ2v) is 4.20. The average molecular weight is 277 g/mol. The van der Waals surface area contributed by atoms with Crippen molar-refractivity contribution >= 4 is 11.8 Å². The topological polar surface area (TPSA) is 97.5 Å². The summed E-state index contributed by atoms with van der Waals surface area (Å²) in [5, 5.41) is 12.0. The van der Waals surface area contributed by atoms with Gasteiger partial charge >= 0.3 is 5.97 Å². The Morgan fingerprint density at radius 1 is 1.45 bits per heavy atom. The van der Waals surface area contributed by atoms with E-state index in [2.05, 4.69) is 15.3 Å². The van der Waals surface area contributed by atoms with Gasteiger partial charge in [0, 0.05) is 0 Å². The number of aromatic nitrogens is 2. The predicted molar refractivity (Wildman–Crippen MR) is 71.1 cm³/mol. The van der Waals surface area contributed by atoms with E-state index < -0.39 is 5.97 Å². The Morgan fingerprint density at radius 3 is 2.80 bits per heavy atom. The molecule has 0 spiro atoms. The molecular weight excluding hydrogens is 262 g/mol. The fourth-order valence-corrected chi connectivity index (χ4v) is 1.83. The molecule has 0 saturated heterocycles. The van der Waals surface area contributed by atoms with Crippen molar-refractivity contribution in [3.63, 3.8) is 0 Å². The molecule has 7 heteroatoms. The number of furan rings is 1. The van der Waals surface area contributed by atoms with Crippen LogP contribution in [0.4, 0.5) is 5.82 Å². The van der Waals surface area contributed by atoms with Crippen molar-refractivity contribution in [1.82, 2.24) is 9.97 Å². The number of carboxylic acid groups (broad SMARTS) is 1. The first kappa shape index (κ1) is 13.9. The number of methoxy groups -OCH3 is 1. The van der Waals surface area contributed by atoms with Crippen LogP contribution in [0.2, 0.25) is 0 Å². The van der Waals surface area contributed by atoms with Gasteiger partial charge in [-0.25, -0.2) is 14.8 Å². The van der Waals surface area contributed by atoms with Crippen LogP contribution in [-0.4, -0.2) is 28.2 Å². The first-order valence-corrected chi connectivity index (χ1v) is 5.95. The van der Waals surface area contributed by atoms with Gasteiger partial charge in [0.25, 0.3) is 0 Å². The summed E-state index contributed by atoms with van der Waals surface area (Å²) in [6.45, 7) is 3.78. The van der Waals surface area contributed by atoms with E-state index in [4.69, 9.17) is 14.3 Å². The van der Waals surface area contributed by atoms with Gasteiger partial charge in [-0.15, -0.1) is 0 Å². The molecule has 0 aromatic carbocycles. The lowest BCUT2D eigenvalue weighted by Crippen LogP contribution is -2.04. The third kappa shape index (κ3) is 2.71. The lowest BCUT2D eigenvalue weighted by atomic mass is 10.2. The molecule has 2 aromatic heterocycles. The number of aromatic carboxylic acids is 1. The molecule has 2 N–H and O–H groups in total. The number of carbonyl (C=O) groups is 1. The van der Waals surface area contributed by atoms with Crippen molar-refractivity contribution in [1.29, 1.82) is 0 Å². The fourth-order valence-electron chi connectivity index (χ4n) is 1.83. The summed E-state index contributed by atoms with van der Waals surface area (Å²) < 4.78 is 10.5. The van der Waals surface area contributed by atoms with Crippen LogP contribution in [0.15, 0.2) is 16.8 Å². The van der Waals surface area contributed by atoms with Gasteiger partial charge in [0.05, 0.1) is 19.2 Å². The van der Waals surface area contributed by atoms with E-state index in [-0.39, 0.29) is 5.56 Å². The van der Waals surface area contributed by atoms with Crippen molar-refractivity contribution < 1.29 is 19.1 Å². The Morgan fingerprint density at radius 2 is 2.20 bits per heavy atom. The Labute approximate surface area is 115 Å². The van der Waals surface area contributed by atoms with E-state index in [1.54, 1.807) is 6.92 Å². The van der Waals surface area contributed by atoms with Gasteiger partial charge in [0.15, 0.2) is 0 Å². The number of aryl methyl sites for hydroxylation is 1. The zero-order chi connectivity index (χ0) is 14.7. The van der Waals surface area contributed by atoms with Crippen LogP contribution in [0.3, 0.4) is 0 Å². The number of hydrogen-bond acceptors (Lipinski definition) is 6. The minimum absolute atomic E-state index is 0.166. The number of rotatable bonds is 5. The van der Waals surface area contributed by atoms with E-state index in [1.807, 2.05) is 6.92 Å². The minimum Gasteiger partial charge on any atom is -0.481 e. The number of nitrogens with one attached hydrogen (secondary N) is 1. The van der Waals surface area contributed by atoms with E-state index in [9.17, 15) is 4.79 Å². The van der Waals surface area contributed by atoms with Gasteiger partial charge in [-0.05, 0) is 19.9 Å². The molecule has 2 heterocycles. The quantitative estimate of drug-likeness (QED) is 0.862. The lowest BCUT2D eigenvalue weighted by Gasteiger charge is -2.09. The largest absolute Gasteiger partial charge is 0.481 e. The third-order valence-electron chi connectivity index (χ3n) is 2.86. The molecule has 2 rings (SSSR count). The summed E-state index contributed by atoms with van der Waals surface area (Å²) in [4.78, 5) is 19.0. The van der Waals surface area contributed by atoms with Crippen LogP contribution >= 0.6 is 0 Å². The van der Waals surface area contributed by atoms with Gasteiger partial charge in [-0.3, -0.25) is 0 Å². The van der Waals surface area contributed by atoms with Crippen LogP contribution in [0, 0.1) is 13.8 Å². The monoisotopic (exact) mass is 277 g/mol. The summed E-state index contributed by atoms with van der Waals surface area (Å²) in [6, 6.07) is 1.50. The van der Waals surface area contributed by atoms with Gasteiger partial charge in [-0.2, -0.15) is 0 Å². The zero-order valence-corrected chi connectivity index (χ0v) is 11.4. The van der Waals surface area contributed by atoms with Crippen LogP contribution in [0.25, 0.3) is 0 Å². The molecule has 0 saturated carbocycles. The molecule has 0 atom stereocenters. The molecule has 0 aliphatic rings. The first-order chi connectivity index (χ1) is 9.52. The van der Waals surface area contributed by atoms with Gasteiger partial charge in [0.1, 0.15) is 29.2 Å². The molecule has 0 fully saturated rings. The summed E-state index contributed by atoms with van der Waals surface area (Å²) in [6.07, 6.45) is 1.39. The smallest absolute Gasteiger partial charge is 0.339 e. The maximum atomic E-state index is 10.9. The van der Waals surface area contributed by atoms with Crippen molar-refractivity contribution in [2.45, 2.75) is 20.4 Å². The highest BCUT2D eigenvalue weighted by Gasteiger charge is 2.14. The molecule has 0 bridgehead atoms. The Balaban J connectivity index is 2.13. The average Bonchev–Trinajstić information content (AvgIpc) is 2.79. The molecule has 20 heavy (non-hydrogen) atoms. The van der Waals surface area contributed by atoms with Crippen molar-refractivity contribution in [3.8, 4) is 5.88 Å². The number of ether oxygens (including phenoxy) is 1. The molecular formula is C13H15N3O4. The molecule has 7 nitrogen and oxygen atoms in total. The molecule has 2 aromatic rings. The highest BCUT2D eigenvalue weighted by atomic mass is 16.5. The SMILES string of the molecule is COc1ncnc(NCc2cc(C(=O)O)c(C)o2)c1C. The Hall–Kier alpha value is -2.57. The van der Waals surface area contributed by atoms with E-state index in [0.29, 0.717) is 29.8 Å². The summed E-state index contributed by atoms with van der Waals surface area (Å²) >= 11 is 0. The van der Waals surface area contributed by atoms with E-state index >= 15 is 0 Å². The maximum Gasteiger partial charge on any atom is 0.339 e. The van der Waals surface area contributed by atoms with E-state index in [0.717, 1.165) is 5.56 Å². The molecule has 0 aliphatic carbocycles. The van der Waals surface area contributed by atoms with Crippen LogP contribution in [0.1, 0.15) is 27.4 Å². The molecule has 0 unspecified atom stereocenters. The normalized spacial score (nSPS) is 10.3. The third-order valence-corrected chi connectivity index (χ3v) is 2.86. The highest BCUT2D eigenvalue weighted by Crippen LogP contribution is 2.21. The molecule has 0 aliphatic heterocycles. The predicted octanol–water partition coefficient (Wildman–Crippen LogP) is 2.01. The van der Waals surface area contributed by atoms with Crippen molar-refractivity contribution in [2.24, 2.45) is 0 Å². The first-order valence-electron chi connectivity index (χ1n) is 5.95. The van der Waals surface area contributed by atoms with Crippen molar-refractivity contribution in [2.75, 3.05) is 12.4 Å². The number of carboxylic acids is 1. The van der Waals surface area contributed by atoms with Gasteiger partial charge in [-0.1, -0.05) is 0 Å². The number of anilines is 1. The highest BCUT2D eigenvalue weighted by molar-refractivity contribution is 5.88. The second kappa shape index (κ2) is 5.60. The Kier molecular flexibility index (Phi) is 3.88. The summed E-state index contributed by atoms with van der Waals surface area (Å²) in [7, 11) is 1.54. The van der Waals surface area contributed by atoms with Crippen LogP contribution in [-0.2, 0) is 6.54 Å². The number of hydrogen-bond donors (Lipinski definition) is 2. The van der Waals surface area contributed by atoms with Crippen LogP contribution < -0.4 is 10.1 Å². The van der Waals surface area contributed by atoms with Gasteiger partial charge in [0.2, 0.25) is 5.88 Å². The van der Waals surface area contributed by atoms with E-state index in [1.165, 1.54) is 19.5 Å².